The quantitative estimate of drug-likeness (QED) is 0.773. The summed E-state index contributed by atoms with van der Waals surface area (Å²) < 4.78 is 33.7. The summed E-state index contributed by atoms with van der Waals surface area (Å²) in [4.78, 5) is 24.7. The predicted molar refractivity (Wildman–Crippen MR) is 94.0 cm³/mol. The van der Waals surface area contributed by atoms with Crippen LogP contribution >= 0.6 is 0 Å². The summed E-state index contributed by atoms with van der Waals surface area (Å²) in [7, 11) is 0. The van der Waals surface area contributed by atoms with Crippen LogP contribution in [0.4, 0.5) is 8.78 Å². The predicted octanol–water partition coefficient (Wildman–Crippen LogP) is 2.89. The molecule has 2 heterocycles. The lowest BCUT2D eigenvalue weighted by atomic mass is 10.0. The first-order chi connectivity index (χ1) is 12.9. The average molecular weight is 368 g/mol. The number of fused-ring (bicyclic) bond motifs is 1. The molecule has 0 saturated heterocycles. The number of primary amides is 1. The van der Waals surface area contributed by atoms with Crippen molar-refractivity contribution in [3.05, 3.63) is 93.4 Å². The highest BCUT2D eigenvalue weighted by atomic mass is 19.1. The second-order valence-electron chi connectivity index (χ2n) is 6.24. The van der Waals surface area contributed by atoms with Crippen molar-refractivity contribution in [3.8, 4) is 11.4 Å². The molecule has 1 aromatic heterocycles. The topological polar surface area (TPSA) is 74.3 Å². The Morgan fingerprint density at radius 1 is 1.11 bits per heavy atom. The highest BCUT2D eigenvalue weighted by molar-refractivity contribution is 5.96. The van der Waals surface area contributed by atoms with Gasteiger partial charge in [0.1, 0.15) is 29.1 Å². The Morgan fingerprint density at radius 3 is 2.52 bits per heavy atom. The molecule has 5 nitrogen and oxygen atoms in total. The minimum atomic E-state index is -0.924. The Labute approximate surface area is 152 Å². The summed E-state index contributed by atoms with van der Waals surface area (Å²) in [6, 6.07) is 11.2. The lowest BCUT2D eigenvalue weighted by molar-refractivity contribution is 0.0993. The summed E-state index contributed by atoms with van der Waals surface area (Å²) in [6.45, 7) is 0. The summed E-state index contributed by atoms with van der Waals surface area (Å²) in [6.07, 6.45) is 1.33. The Balaban J connectivity index is 1.84. The monoisotopic (exact) mass is 368 g/mol. The summed E-state index contributed by atoms with van der Waals surface area (Å²) in [5.74, 6) is -1.67. The fourth-order valence-electron chi connectivity index (χ4n) is 3.22. The van der Waals surface area contributed by atoms with Crippen LogP contribution in [0.2, 0.25) is 0 Å². The third-order valence-corrected chi connectivity index (χ3v) is 4.47. The molecule has 7 heteroatoms. The number of pyridine rings is 1. The van der Waals surface area contributed by atoms with E-state index in [4.69, 9.17) is 10.5 Å². The zero-order chi connectivity index (χ0) is 19.1. The number of amides is 1. The van der Waals surface area contributed by atoms with E-state index in [-0.39, 0.29) is 11.3 Å². The van der Waals surface area contributed by atoms with Crippen molar-refractivity contribution in [1.82, 2.24) is 4.57 Å². The first kappa shape index (κ1) is 17.0. The number of hydrogen-bond donors (Lipinski definition) is 1. The minimum Gasteiger partial charge on any atom is -0.484 e. The van der Waals surface area contributed by atoms with Crippen LogP contribution in [-0.4, -0.2) is 10.5 Å². The number of aromatic nitrogens is 1. The molecule has 4 rings (SSSR count). The standard InChI is InChI=1S/C20H14F2N2O3/c21-13-4-6-15(7-5-13)24-10-12-9-16(11-2-1-3-14(22)8-11)27-18(12)17(19(23)25)20(24)26/h1-8,10,16H,9H2,(H2,23,25). The second kappa shape index (κ2) is 6.35. The Hall–Kier alpha value is -3.48. The number of nitrogens with zero attached hydrogens (tertiary/aromatic N) is 1. The van der Waals surface area contributed by atoms with Gasteiger partial charge in [-0.2, -0.15) is 0 Å². The highest BCUT2D eigenvalue weighted by Crippen LogP contribution is 2.38. The number of halogens is 2. The third-order valence-electron chi connectivity index (χ3n) is 4.47. The lowest BCUT2D eigenvalue weighted by Gasteiger charge is -2.12. The van der Waals surface area contributed by atoms with Crippen LogP contribution in [0.3, 0.4) is 0 Å². The van der Waals surface area contributed by atoms with Gasteiger partial charge in [-0.3, -0.25) is 14.2 Å². The fourth-order valence-corrected chi connectivity index (χ4v) is 3.22. The molecular formula is C20H14F2N2O3. The normalized spacial score (nSPS) is 15.3. The Kier molecular flexibility index (Phi) is 3.99. The first-order valence-electron chi connectivity index (χ1n) is 8.20. The molecule has 3 aromatic rings. The van der Waals surface area contributed by atoms with Gasteiger partial charge < -0.3 is 10.5 Å². The molecule has 1 unspecified atom stereocenters. The number of nitrogens with two attached hydrogens (primary N) is 1. The van der Waals surface area contributed by atoms with Gasteiger partial charge in [0.2, 0.25) is 0 Å². The van der Waals surface area contributed by atoms with Gasteiger partial charge in [0.05, 0.1) is 0 Å². The Bertz CT molecular complexity index is 1110. The number of rotatable bonds is 3. The van der Waals surface area contributed by atoms with E-state index in [1.54, 1.807) is 12.1 Å². The largest absolute Gasteiger partial charge is 0.484 e. The smallest absolute Gasteiger partial charge is 0.271 e. The van der Waals surface area contributed by atoms with E-state index in [0.29, 0.717) is 23.2 Å². The number of benzene rings is 2. The van der Waals surface area contributed by atoms with Gasteiger partial charge >= 0.3 is 0 Å². The van der Waals surface area contributed by atoms with Gasteiger partial charge in [0, 0.05) is 23.9 Å². The number of ether oxygens (including phenoxy) is 1. The van der Waals surface area contributed by atoms with Gasteiger partial charge in [-0.25, -0.2) is 8.78 Å². The first-order valence-corrected chi connectivity index (χ1v) is 8.20. The van der Waals surface area contributed by atoms with Crippen LogP contribution in [0.15, 0.2) is 59.5 Å². The van der Waals surface area contributed by atoms with Gasteiger partial charge in [-0.15, -0.1) is 0 Å². The van der Waals surface area contributed by atoms with Crippen LogP contribution in [0, 0.1) is 11.6 Å². The minimum absolute atomic E-state index is 0.111. The van der Waals surface area contributed by atoms with Gasteiger partial charge in [-0.05, 0) is 42.0 Å². The molecule has 0 saturated carbocycles. The van der Waals surface area contributed by atoms with Crippen molar-refractivity contribution in [1.29, 1.82) is 0 Å². The zero-order valence-corrected chi connectivity index (χ0v) is 14.0. The molecule has 1 atom stereocenters. The fraction of sp³-hybridized carbons (Fsp3) is 0.100. The van der Waals surface area contributed by atoms with Gasteiger partial charge in [-0.1, -0.05) is 12.1 Å². The molecular weight excluding hydrogens is 354 g/mol. The molecule has 0 spiro atoms. The van der Waals surface area contributed by atoms with Crippen LogP contribution in [0.5, 0.6) is 5.75 Å². The summed E-state index contributed by atoms with van der Waals surface area (Å²) in [5, 5.41) is 0. The molecule has 0 fully saturated rings. The maximum Gasteiger partial charge on any atom is 0.271 e. The molecule has 1 aliphatic heterocycles. The molecule has 0 radical (unpaired) electrons. The van der Waals surface area contributed by atoms with Crippen LogP contribution in [0.25, 0.3) is 5.69 Å². The number of hydrogen-bond acceptors (Lipinski definition) is 3. The molecule has 1 aliphatic rings. The third kappa shape index (κ3) is 2.97. The van der Waals surface area contributed by atoms with Crippen molar-refractivity contribution in [2.75, 3.05) is 0 Å². The molecule has 0 bridgehead atoms. The van der Waals surface area contributed by atoms with Gasteiger partial charge in [0.15, 0.2) is 0 Å². The van der Waals surface area contributed by atoms with Crippen LogP contribution in [0.1, 0.15) is 27.6 Å². The van der Waals surface area contributed by atoms with E-state index in [2.05, 4.69) is 0 Å². The maximum absolute atomic E-state index is 13.5. The van der Waals surface area contributed by atoms with E-state index in [1.807, 2.05) is 0 Å². The zero-order valence-electron chi connectivity index (χ0n) is 14.0. The highest BCUT2D eigenvalue weighted by Gasteiger charge is 2.32. The van der Waals surface area contributed by atoms with Crippen molar-refractivity contribution in [2.24, 2.45) is 5.73 Å². The van der Waals surface area contributed by atoms with E-state index in [0.717, 1.165) is 0 Å². The molecule has 27 heavy (non-hydrogen) atoms. The van der Waals surface area contributed by atoms with Crippen LogP contribution in [-0.2, 0) is 6.42 Å². The number of carbonyl (C=O) groups is 1. The van der Waals surface area contributed by atoms with Crippen molar-refractivity contribution >= 4 is 5.91 Å². The lowest BCUT2D eigenvalue weighted by Crippen LogP contribution is -2.29. The second-order valence-corrected chi connectivity index (χ2v) is 6.24. The van der Waals surface area contributed by atoms with Crippen molar-refractivity contribution in [3.63, 3.8) is 0 Å². The van der Waals surface area contributed by atoms with Crippen molar-refractivity contribution in [2.45, 2.75) is 12.5 Å². The number of carbonyl (C=O) groups excluding carboxylic acids is 1. The molecule has 136 valence electrons. The molecule has 1 amide bonds. The maximum atomic E-state index is 13.5. The van der Waals surface area contributed by atoms with Crippen LogP contribution < -0.4 is 16.0 Å². The summed E-state index contributed by atoms with van der Waals surface area (Å²) in [5.41, 5.74) is 6.03. The van der Waals surface area contributed by atoms with E-state index >= 15 is 0 Å². The SMILES string of the molecule is NC(=O)c1c2c(cn(-c3ccc(F)cc3)c1=O)CC(c1cccc(F)c1)O2. The van der Waals surface area contributed by atoms with E-state index in [1.165, 1.54) is 47.2 Å². The molecule has 2 N–H and O–H groups in total. The van der Waals surface area contributed by atoms with E-state index < -0.39 is 29.2 Å². The Morgan fingerprint density at radius 2 is 1.85 bits per heavy atom. The van der Waals surface area contributed by atoms with E-state index in [9.17, 15) is 18.4 Å². The van der Waals surface area contributed by atoms with Crippen molar-refractivity contribution < 1.29 is 18.3 Å². The molecule has 0 aliphatic carbocycles. The average Bonchev–Trinajstić information content (AvgIpc) is 3.05. The summed E-state index contributed by atoms with van der Waals surface area (Å²) >= 11 is 0. The van der Waals surface area contributed by atoms with Gasteiger partial charge in [0.25, 0.3) is 11.5 Å². The molecule has 2 aromatic carbocycles.